The van der Waals surface area contributed by atoms with Gasteiger partial charge in [0.25, 0.3) is 0 Å². The molecule has 1 N–H and O–H groups in total. The van der Waals surface area contributed by atoms with E-state index in [4.69, 9.17) is 4.74 Å². The second kappa shape index (κ2) is 8.17. The minimum atomic E-state index is -0.0000926. The number of nitrogens with one attached hydrogen (secondary N) is 1. The number of urea groups is 1. The molecule has 0 saturated carbocycles. The van der Waals surface area contributed by atoms with Crippen LogP contribution in [0.4, 0.5) is 4.79 Å². The van der Waals surface area contributed by atoms with E-state index in [1.165, 1.54) is 0 Å². The molecule has 1 aromatic rings. The van der Waals surface area contributed by atoms with Crippen molar-refractivity contribution in [3.05, 3.63) is 18.2 Å². The number of carbonyl (C=O) groups excluding carboxylic acids is 1. The number of nitrogens with zero attached hydrogens (tertiary/aromatic N) is 3. The first-order chi connectivity index (χ1) is 10.6. The second-order valence-corrected chi connectivity index (χ2v) is 6.46. The van der Waals surface area contributed by atoms with Crippen LogP contribution in [-0.2, 0) is 17.8 Å². The normalized spacial score (nSPS) is 18.7. The first kappa shape index (κ1) is 16.8. The lowest BCUT2D eigenvalue weighted by atomic mass is 9.99. The van der Waals surface area contributed by atoms with Crippen LogP contribution in [0.1, 0.15) is 32.5 Å². The Hall–Kier alpha value is -1.56. The number of likely N-dealkylation sites (tertiary alicyclic amines) is 1. The summed E-state index contributed by atoms with van der Waals surface area (Å²) >= 11 is 0. The van der Waals surface area contributed by atoms with E-state index in [2.05, 4.69) is 28.7 Å². The fourth-order valence-corrected chi connectivity index (χ4v) is 2.95. The van der Waals surface area contributed by atoms with E-state index in [9.17, 15) is 4.79 Å². The van der Waals surface area contributed by atoms with E-state index in [-0.39, 0.29) is 6.03 Å². The summed E-state index contributed by atoms with van der Waals surface area (Å²) in [5.41, 5.74) is 0. The summed E-state index contributed by atoms with van der Waals surface area (Å²) in [5, 5.41) is 2.99. The minimum Gasteiger partial charge on any atom is -0.384 e. The Bertz CT molecular complexity index is 470. The van der Waals surface area contributed by atoms with Crippen LogP contribution in [0.3, 0.4) is 0 Å². The van der Waals surface area contributed by atoms with Crippen molar-refractivity contribution in [2.45, 2.75) is 39.8 Å². The Morgan fingerprint density at radius 2 is 2.36 bits per heavy atom. The zero-order valence-electron chi connectivity index (χ0n) is 13.9. The monoisotopic (exact) mass is 308 g/mol. The van der Waals surface area contributed by atoms with E-state index in [0.29, 0.717) is 18.4 Å². The second-order valence-electron chi connectivity index (χ2n) is 6.46. The van der Waals surface area contributed by atoms with Gasteiger partial charge in [-0.15, -0.1) is 0 Å². The van der Waals surface area contributed by atoms with Crippen LogP contribution in [0, 0.1) is 11.8 Å². The van der Waals surface area contributed by atoms with Crippen molar-refractivity contribution < 1.29 is 9.53 Å². The summed E-state index contributed by atoms with van der Waals surface area (Å²) in [5.74, 6) is 1.92. The highest BCUT2D eigenvalue weighted by atomic mass is 16.5. The van der Waals surface area contributed by atoms with Gasteiger partial charge in [0, 0.05) is 45.1 Å². The van der Waals surface area contributed by atoms with Gasteiger partial charge in [0.05, 0.1) is 13.2 Å². The SMILES string of the molecule is COCC1CCCN(C(=O)NCc2nccn2CC(C)C)C1. The summed E-state index contributed by atoms with van der Waals surface area (Å²) < 4.78 is 7.32. The highest BCUT2D eigenvalue weighted by molar-refractivity contribution is 5.74. The van der Waals surface area contributed by atoms with E-state index >= 15 is 0 Å². The standard InChI is InChI=1S/C16H28N4O2/c1-13(2)10-19-8-6-17-15(19)9-18-16(21)20-7-4-5-14(11-20)12-22-3/h6,8,13-14H,4-5,7,9-12H2,1-3H3,(H,18,21). The number of rotatable bonds is 6. The van der Waals surface area contributed by atoms with Gasteiger partial charge in [-0.3, -0.25) is 0 Å². The predicted octanol–water partition coefficient (Wildman–Crippen LogP) is 2.11. The molecular weight excluding hydrogens is 280 g/mol. The highest BCUT2D eigenvalue weighted by Gasteiger charge is 2.23. The number of carbonyl (C=O) groups is 1. The Balaban J connectivity index is 1.83. The van der Waals surface area contributed by atoms with E-state index in [1.54, 1.807) is 13.3 Å². The number of piperidine rings is 1. The van der Waals surface area contributed by atoms with Gasteiger partial charge in [-0.05, 0) is 18.8 Å². The van der Waals surface area contributed by atoms with Gasteiger partial charge >= 0.3 is 6.03 Å². The molecule has 22 heavy (non-hydrogen) atoms. The summed E-state index contributed by atoms with van der Waals surface area (Å²) in [6, 6.07) is -0.0000926. The molecule has 0 spiro atoms. The molecule has 2 rings (SSSR count). The topological polar surface area (TPSA) is 59.4 Å². The largest absolute Gasteiger partial charge is 0.384 e. The molecule has 1 atom stereocenters. The van der Waals surface area contributed by atoms with Gasteiger partial charge < -0.3 is 19.5 Å². The van der Waals surface area contributed by atoms with Crippen molar-refractivity contribution in [3.63, 3.8) is 0 Å². The van der Waals surface area contributed by atoms with Crippen LogP contribution >= 0.6 is 0 Å². The first-order valence-corrected chi connectivity index (χ1v) is 8.12. The maximum atomic E-state index is 12.3. The molecular formula is C16H28N4O2. The molecule has 1 fully saturated rings. The molecule has 1 unspecified atom stereocenters. The van der Waals surface area contributed by atoms with Crippen molar-refractivity contribution in [2.24, 2.45) is 11.8 Å². The van der Waals surface area contributed by atoms with Gasteiger partial charge in [0.15, 0.2) is 0 Å². The van der Waals surface area contributed by atoms with Crippen molar-refractivity contribution >= 4 is 6.03 Å². The minimum absolute atomic E-state index is 0.0000926. The first-order valence-electron chi connectivity index (χ1n) is 8.12. The molecule has 1 aliphatic rings. The van der Waals surface area contributed by atoms with Crippen molar-refractivity contribution in [1.29, 1.82) is 0 Å². The number of aromatic nitrogens is 2. The quantitative estimate of drug-likeness (QED) is 0.875. The summed E-state index contributed by atoms with van der Waals surface area (Å²) in [7, 11) is 1.72. The summed E-state index contributed by atoms with van der Waals surface area (Å²) in [6.07, 6.45) is 5.94. The zero-order chi connectivity index (χ0) is 15.9. The van der Waals surface area contributed by atoms with Gasteiger partial charge in [-0.25, -0.2) is 9.78 Å². The van der Waals surface area contributed by atoms with E-state index in [1.807, 2.05) is 11.1 Å². The fraction of sp³-hybridized carbons (Fsp3) is 0.750. The molecule has 0 aromatic carbocycles. The lowest BCUT2D eigenvalue weighted by molar-refractivity contribution is 0.100. The maximum absolute atomic E-state index is 12.3. The molecule has 1 aliphatic heterocycles. The number of ether oxygens (including phenoxy) is 1. The Labute approximate surface area is 132 Å². The molecule has 6 heteroatoms. The number of hydrogen-bond acceptors (Lipinski definition) is 3. The molecule has 1 saturated heterocycles. The zero-order valence-corrected chi connectivity index (χ0v) is 13.9. The third-order valence-electron chi connectivity index (χ3n) is 3.97. The highest BCUT2D eigenvalue weighted by Crippen LogP contribution is 2.16. The number of methoxy groups -OCH3 is 1. The number of amides is 2. The fourth-order valence-electron chi connectivity index (χ4n) is 2.95. The molecule has 0 radical (unpaired) electrons. The van der Waals surface area contributed by atoms with Gasteiger partial charge in [-0.1, -0.05) is 13.8 Å². The summed E-state index contributed by atoms with van der Waals surface area (Å²) in [4.78, 5) is 18.5. The van der Waals surface area contributed by atoms with E-state index in [0.717, 1.165) is 44.9 Å². The molecule has 124 valence electrons. The lowest BCUT2D eigenvalue weighted by Crippen LogP contribution is -2.46. The smallest absolute Gasteiger partial charge is 0.317 e. The van der Waals surface area contributed by atoms with Crippen LogP contribution in [-0.4, -0.2) is 47.3 Å². The van der Waals surface area contributed by atoms with Gasteiger partial charge in [0.2, 0.25) is 0 Å². The van der Waals surface area contributed by atoms with Gasteiger partial charge in [0.1, 0.15) is 5.82 Å². The van der Waals surface area contributed by atoms with Crippen LogP contribution in [0.5, 0.6) is 0 Å². The van der Waals surface area contributed by atoms with Crippen LogP contribution in [0.15, 0.2) is 12.4 Å². The molecule has 2 heterocycles. The average Bonchev–Trinajstić information content (AvgIpc) is 2.92. The maximum Gasteiger partial charge on any atom is 0.317 e. The molecule has 6 nitrogen and oxygen atoms in total. The van der Waals surface area contributed by atoms with Gasteiger partial charge in [-0.2, -0.15) is 0 Å². The summed E-state index contributed by atoms with van der Waals surface area (Å²) in [6.45, 7) is 8.07. The van der Waals surface area contributed by atoms with Crippen molar-refractivity contribution in [1.82, 2.24) is 19.8 Å². The third-order valence-corrected chi connectivity index (χ3v) is 3.97. The number of hydrogen-bond donors (Lipinski definition) is 1. The third kappa shape index (κ3) is 4.73. The van der Waals surface area contributed by atoms with Crippen LogP contribution in [0.25, 0.3) is 0 Å². The predicted molar refractivity (Wildman–Crippen MR) is 85.5 cm³/mol. The van der Waals surface area contributed by atoms with Crippen molar-refractivity contribution in [3.8, 4) is 0 Å². The Kier molecular flexibility index (Phi) is 6.24. The Morgan fingerprint density at radius 3 is 3.09 bits per heavy atom. The molecule has 1 aromatic heterocycles. The molecule has 2 amide bonds. The average molecular weight is 308 g/mol. The molecule has 0 aliphatic carbocycles. The van der Waals surface area contributed by atoms with Crippen LogP contribution < -0.4 is 5.32 Å². The number of imidazole rings is 1. The Morgan fingerprint density at radius 1 is 1.55 bits per heavy atom. The van der Waals surface area contributed by atoms with E-state index < -0.39 is 0 Å². The molecule has 0 bridgehead atoms. The van der Waals surface area contributed by atoms with Crippen molar-refractivity contribution in [2.75, 3.05) is 26.8 Å². The van der Waals surface area contributed by atoms with Crippen LogP contribution in [0.2, 0.25) is 0 Å². The lowest BCUT2D eigenvalue weighted by Gasteiger charge is -2.32.